The van der Waals surface area contributed by atoms with Gasteiger partial charge in [-0.1, -0.05) is 29.3 Å². The van der Waals surface area contributed by atoms with E-state index < -0.39 is 29.8 Å². The molecule has 0 aliphatic carbocycles. The fourth-order valence-electron chi connectivity index (χ4n) is 3.91. The number of aliphatic imine (C=N–C) groups is 1. The molecule has 1 unspecified atom stereocenters. The van der Waals surface area contributed by atoms with Crippen LogP contribution in [0.2, 0.25) is 10.0 Å². The number of fused-ring (bicyclic) bond motifs is 3. The molecule has 1 saturated heterocycles. The van der Waals surface area contributed by atoms with Crippen molar-refractivity contribution in [1.82, 2.24) is 4.90 Å². The number of rotatable bonds is 3. The van der Waals surface area contributed by atoms with Gasteiger partial charge in [0.2, 0.25) is 5.91 Å². The summed E-state index contributed by atoms with van der Waals surface area (Å²) < 4.78 is 38.7. The lowest BCUT2D eigenvalue weighted by Gasteiger charge is -2.42. The van der Waals surface area contributed by atoms with Crippen LogP contribution >= 0.6 is 23.2 Å². The van der Waals surface area contributed by atoms with Gasteiger partial charge in [0.05, 0.1) is 33.6 Å². The second-order valence-electron chi connectivity index (χ2n) is 7.14. The fourth-order valence-corrected chi connectivity index (χ4v) is 4.27. The number of carbonyl (C=O) groups is 1. The van der Waals surface area contributed by atoms with E-state index in [1.807, 2.05) is 0 Å². The standard InChI is InChI=1S/C20H16Cl2F3N3O2/c21-14-6-5-13-18(17(14)22)26-15-7-8-28(16(30)9-29)10-19(13,15)27-12-3-1-11(2-4-12)20(23,24)25/h1-6,27,29H,7-10H2. The lowest BCUT2D eigenvalue weighted by Crippen LogP contribution is -2.57. The highest BCUT2D eigenvalue weighted by Gasteiger charge is 2.49. The van der Waals surface area contributed by atoms with E-state index in [4.69, 9.17) is 23.2 Å². The first-order chi connectivity index (χ1) is 14.2. The molecule has 5 nitrogen and oxygen atoms in total. The summed E-state index contributed by atoms with van der Waals surface area (Å²) in [6.45, 7) is -0.151. The average molecular weight is 458 g/mol. The minimum atomic E-state index is -4.44. The predicted octanol–water partition coefficient (Wildman–Crippen LogP) is 4.63. The maximum Gasteiger partial charge on any atom is 0.416 e. The number of nitrogens with one attached hydrogen (secondary N) is 1. The zero-order valence-electron chi connectivity index (χ0n) is 15.4. The summed E-state index contributed by atoms with van der Waals surface area (Å²) in [5.74, 6) is -0.448. The van der Waals surface area contributed by atoms with Crippen molar-refractivity contribution in [2.45, 2.75) is 18.1 Å². The molecule has 2 aliphatic heterocycles. The third-order valence-corrected chi connectivity index (χ3v) is 6.17. The Balaban J connectivity index is 1.78. The van der Waals surface area contributed by atoms with Crippen molar-refractivity contribution in [3.05, 3.63) is 57.6 Å². The Bertz CT molecular complexity index is 1040. The van der Waals surface area contributed by atoms with Crippen LogP contribution in [0.1, 0.15) is 17.5 Å². The van der Waals surface area contributed by atoms with Gasteiger partial charge < -0.3 is 15.3 Å². The molecule has 1 amide bonds. The second-order valence-corrected chi connectivity index (χ2v) is 7.93. The highest BCUT2D eigenvalue weighted by molar-refractivity contribution is 6.44. The molecule has 0 aromatic heterocycles. The van der Waals surface area contributed by atoms with Gasteiger partial charge in [-0.3, -0.25) is 9.79 Å². The van der Waals surface area contributed by atoms with Gasteiger partial charge in [0.25, 0.3) is 0 Å². The molecule has 2 heterocycles. The summed E-state index contributed by atoms with van der Waals surface area (Å²) in [4.78, 5) is 18.3. The van der Waals surface area contributed by atoms with Crippen molar-refractivity contribution in [2.24, 2.45) is 4.99 Å². The van der Waals surface area contributed by atoms with Crippen molar-refractivity contribution in [2.75, 3.05) is 25.0 Å². The number of hydrogen-bond acceptors (Lipinski definition) is 4. The van der Waals surface area contributed by atoms with Crippen LogP contribution in [-0.2, 0) is 16.5 Å². The third kappa shape index (κ3) is 3.42. The maximum atomic E-state index is 12.9. The molecule has 0 spiro atoms. The summed E-state index contributed by atoms with van der Waals surface area (Å²) in [6, 6.07) is 7.99. The van der Waals surface area contributed by atoms with E-state index >= 15 is 0 Å². The van der Waals surface area contributed by atoms with Crippen molar-refractivity contribution in [3.63, 3.8) is 0 Å². The first kappa shape index (κ1) is 21.0. The Morgan fingerprint density at radius 2 is 1.90 bits per heavy atom. The van der Waals surface area contributed by atoms with Crippen molar-refractivity contribution >= 4 is 46.2 Å². The van der Waals surface area contributed by atoms with E-state index in [0.717, 1.165) is 12.1 Å². The number of amides is 1. The smallest absolute Gasteiger partial charge is 0.387 e. The fraction of sp³-hybridized carbons (Fsp3) is 0.300. The van der Waals surface area contributed by atoms with E-state index in [0.29, 0.717) is 40.6 Å². The molecule has 30 heavy (non-hydrogen) atoms. The molecule has 158 valence electrons. The summed E-state index contributed by atoms with van der Waals surface area (Å²) in [6.07, 6.45) is -4.04. The normalized spacial score (nSPS) is 20.5. The number of piperidine rings is 1. The zero-order valence-corrected chi connectivity index (χ0v) is 16.9. The molecule has 2 aromatic rings. The lowest BCUT2D eigenvalue weighted by atomic mass is 9.81. The predicted molar refractivity (Wildman–Crippen MR) is 109 cm³/mol. The highest BCUT2D eigenvalue weighted by Crippen LogP contribution is 2.49. The molecule has 0 radical (unpaired) electrons. The number of nitrogens with zero attached hydrogens (tertiary/aromatic N) is 2. The third-order valence-electron chi connectivity index (χ3n) is 5.37. The van der Waals surface area contributed by atoms with Crippen molar-refractivity contribution in [1.29, 1.82) is 0 Å². The van der Waals surface area contributed by atoms with Gasteiger partial charge >= 0.3 is 6.18 Å². The lowest BCUT2D eigenvalue weighted by molar-refractivity contribution is -0.137. The quantitative estimate of drug-likeness (QED) is 0.705. The minimum absolute atomic E-state index is 0.136. The molecule has 1 atom stereocenters. The number of hydrogen-bond donors (Lipinski definition) is 2. The Labute approximate surface area is 180 Å². The molecule has 1 fully saturated rings. The summed E-state index contributed by atoms with van der Waals surface area (Å²) in [7, 11) is 0. The van der Waals surface area contributed by atoms with Crippen LogP contribution in [0.15, 0.2) is 41.4 Å². The minimum Gasteiger partial charge on any atom is -0.387 e. The second kappa shape index (κ2) is 7.44. The van der Waals surface area contributed by atoms with Gasteiger partial charge in [-0.2, -0.15) is 13.2 Å². The maximum absolute atomic E-state index is 12.9. The van der Waals surface area contributed by atoms with Gasteiger partial charge in [-0.15, -0.1) is 0 Å². The molecule has 0 saturated carbocycles. The topological polar surface area (TPSA) is 64.9 Å². The number of benzene rings is 2. The zero-order chi connectivity index (χ0) is 21.7. The number of likely N-dealkylation sites (tertiary alicyclic amines) is 1. The number of carbonyl (C=O) groups excluding carboxylic acids is 1. The van der Waals surface area contributed by atoms with Gasteiger partial charge in [0.15, 0.2) is 0 Å². The first-order valence-corrected chi connectivity index (χ1v) is 9.82. The molecule has 2 N–H and O–H groups in total. The number of aliphatic hydroxyl groups excluding tert-OH is 1. The van der Waals surface area contributed by atoms with Gasteiger partial charge in [0.1, 0.15) is 12.1 Å². The summed E-state index contributed by atoms with van der Waals surface area (Å²) >= 11 is 12.5. The molecule has 4 rings (SSSR count). The molecule has 10 heteroatoms. The van der Waals surface area contributed by atoms with Crippen LogP contribution in [-0.4, -0.2) is 41.3 Å². The van der Waals surface area contributed by atoms with Gasteiger partial charge in [-0.05, 0) is 30.3 Å². The summed E-state index contributed by atoms with van der Waals surface area (Å²) in [5, 5.41) is 13.2. The Morgan fingerprint density at radius 3 is 2.53 bits per heavy atom. The largest absolute Gasteiger partial charge is 0.416 e. The van der Waals surface area contributed by atoms with Crippen LogP contribution in [0.3, 0.4) is 0 Å². The van der Waals surface area contributed by atoms with E-state index in [1.54, 1.807) is 12.1 Å². The highest BCUT2D eigenvalue weighted by atomic mass is 35.5. The number of halogens is 5. The summed E-state index contributed by atoms with van der Waals surface area (Å²) in [5.41, 5.74) is 0.504. The molecule has 2 aliphatic rings. The van der Waals surface area contributed by atoms with E-state index in [1.165, 1.54) is 17.0 Å². The number of anilines is 1. The molecule has 2 aromatic carbocycles. The monoisotopic (exact) mass is 457 g/mol. The Hall–Kier alpha value is -2.29. The van der Waals surface area contributed by atoms with Crippen LogP contribution in [0.25, 0.3) is 0 Å². The van der Waals surface area contributed by atoms with E-state index in [-0.39, 0.29) is 11.6 Å². The van der Waals surface area contributed by atoms with Crippen LogP contribution < -0.4 is 5.32 Å². The SMILES string of the molecule is O=C(CO)N1CCC2=Nc3c(ccc(Cl)c3Cl)C2(Nc2ccc(C(F)(F)F)cc2)C1. The first-order valence-electron chi connectivity index (χ1n) is 9.06. The Morgan fingerprint density at radius 1 is 1.20 bits per heavy atom. The van der Waals surface area contributed by atoms with E-state index in [9.17, 15) is 23.1 Å². The number of alkyl halides is 3. The van der Waals surface area contributed by atoms with Crippen molar-refractivity contribution in [3.8, 4) is 0 Å². The van der Waals surface area contributed by atoms with Gasteiger partial charge in [-0.25, -0.2) is 0 Å². The Kier molecular flexibility index (Phi) is 5.20. The molecular formula is C20H16Cl2F3N3O2. The van der Waals surface area contributed by atoms with Crippen LogP contribution in [0, 0.1) is 0 Å². The van der Waals surface area contributed by atoms with Crippen LogP contribution in [0.5, 0.6) is 0 Å². The molecular weight excluding hydrogens is 442 g/mol. The van der Waals surface area contributed by atoms with Gasteiger partial charge in [0, 0.05) is 24.2 Å². The average Bonchev–Trinajstić information content (AvgIpc) is 3.03. The van der Waals surface area contributed by atoms with E-state index in [2.05, 4.69) is 10.3 Å². The van der Waals surface area contributed by atoms with Crippen molar-refractivity contribution < 1.29 is 23.1 Å². The molecule has 0 bridgehead atoms. The van der Waals surface area contributed by atoms with Crippen LogP contribution in [0.4, 0.5) is 24.5 Å². The number of aliphatic hydroxyl groups is 1.